The van der Waals surface area contributed by atoms with Gasteiger partial charge in [-0.05, 0) is 57.5 Å². The fourth-order valence-corrected chi connectivity index (χ4v) is 1.38. The SMILES string of the molecule is C=C/C(C)=N/OC(C)COc1ccc(OC(C)CC)cc1. The first-order valence-electron chi connectivity index (χ1n) is 7.27. The number of benzene rings is 1. The summed E-state index contributed by atoms with van der Waals surface area (Å²) in [6, 6.07) is 7.60. The minimum absolute atomic E-state index is 0.129. The van der Waals surface area contributed by atoms with Crippen LogP contribution in [0.4, 0.5) is 0 Å². The summed E-state index contributed by atoms with van der Waals surface area (Å²) in [6.45, 7) is 11.9. The topological polar surface area (TPSA) is 40.0 Å². The summed E-state index contributed by atoms with van der Waals surface area (Å²) in [5.41, 5.74) is 0.744. The van der Waals surface area contributed by atoms with Crippen molar-refractivity contribution in [3.63, 3.8) is 0 Å². The molecule has 0 spiro atoms. The van der Waals surface area contributed by atoms with Crippen LogP contribution in [0.1, 0.15) is 34.1 Å². The van der Waals surface area contributed by atoms with E-state index in [1.807, 2.05) is 38.1 Å². The van der Waals surface area contributed by atoms with E-state index in [1.54, 1.807) is 6.08 Å². The van der Waals surface area contributed by atoms with Crippen LogP contribution in [0.3, 0.4) is 0 Å². The molecule has 0 heterocycles. The molecular weight excluding hydrogens is 266 g/mol. The van der Waals surface area contributed by atoms with Gasteiger partial charge < -0.3 is 14.3 Å². The van der Waals surface area contributed by atoms with E-state index in [0.717, 1.165) is 23.6 Å². The van der Waals surface area contributed by atoms with Crippen molar-refractivity contribution in [2.45, 2.75) is 46.3 Å². The Bertz CT molecular complexity index is 454. The van der Waals surface area contributed by atoms with Crippen molar-refractivity contribution >= 4 is 5.71 Å². The van der Waals surface area contributed by atoms with Crippen molar-refractivity contribution in [3.8, 4) is 11.5 Å². The number of hydrogen-bond donors (Lipinski definition) is 0. The number of rotatable bonds is 9. The summed E-state index contributed by atoms with van der Waals surface area (Å²) < 4.78 is 11.4. The van der Waals surface area contributed by atoms with Crippen LogP contribution in [0, 0.1) is 0 Å². The minimum atomic E-state index is -0.129. The van der Waals surface area contributed by atoms with E-state index in [-0.39, 0.29) is 12.2 Å². The van der Waals surface area contributed by atoms with Gasteiger partial charge in [0.25, 0.3) is 0 Å². The maximum absolute atomic E-state index is 5.71. The molecule has 1 aromatic carbocycles. The molecule has 116 valence electrons. The number of nitrogens with zero attached hydrogens (tertiary/aromatic N) is 1. The summed E-state index contributed by atoms with van der Waals surface area (Å²) in [5, 5.41) is 3.91. The fraction of sp³-hybridized carbons (Fsp3) is 0.471. The highest BCUT2D eigenvalue weighted by molar-refractivity contribution is 5.91. The molecule has 0 aliphatic carbocycles. The van der Waals surface area contributed by atoms with Gasteiger partial charge in [-0.25, -0.2) is 0 Å². The van der Waals surface area contributed by atoms with Gasteiger partial charge in [-0.15, -0.1) is 0 Å². The van der Waals surface area contributed by atoms with Crippen molar-refractivity contribution in [1.29, 1.82) is 0 Å². The highest BCUT2D eigenvalue weighted by Crippen LogP contribution is 2.19. The third-order valence-electron chi connectivity index (χ3n) is 2.89. The summed E-state index contributed by atoms with van der Waals surface area (Å²) in [4.78, 5) is 5.27. The lowest BCUT2D eigenvalue weighted by atomic mass is 10.3. The van der Waals surface area contributed by atoms with E-state index in [4.69, 9.17) is 14.3 Å². The lowest BCUT2D eigenvalue weighted by Crippen LogP contribution is -2.16. The van der Waals surface area contributed by atoms with Gasteiger partial charge in [0.05, 0.1) is 11.8 Å². The number of hydrogen-bond acceptors (Lipinski definition) is 4. The third kappa shape index (κ3) is 6.84. The quantitative estimate of drug-likeness (QED) is 0.505. The number of ether oxygens (including phenoxy) is 2. The van der Waals surface area contributed by atoms with Gasteiger partial charge in [-0.1, -0.05) is 18.7 Å². The molecule has 0 bridgehead atoms. The molecule has 1 aromatic rings. The molecule has 21 heavy (non-hydrogen) atoms. The first kappa shape index (κ1) is 17.1. The predicted molar refractivity (Wildman–Crippen MR) is 86.2 cm³/mol. The Morgan fingerprint density at radius 3 is 2.38 bits per heavy atom. The smallest absolute Gasteiger partial charge is 0.158 e. The zero-order valence-corrected chi connectivity index (χ0v) is 13.3. The van der Waals surface area contributed by atoms with E-state index >= 15 is 0 Å². The van der Waals surface area contributed by atoms with Crippen LogP contribution in [0.15, 0.2) is 42.1 Å². The maximum Gasteiger partial charge on any atom is 0.158 e. The molecule has 2 unspecified atom stereocenters. The third-order valence-corrected chi connectivity index (χ3v) is 2.89. The first-order chi connectivity index (χ1) is 10.0. The van der Waals surface area contributed by atoms with Gasteiger partial charge in [0.1, 0.15) is 18.1 Å². The summed E-state index contributed by atoms with van der Waals surface area (Å²) >= 11 is 0. The Hall–Kier alpha value is -1.97. The van der Waals surface area contributed by atoms with Gasteiger partial charge in [-0.2, -0.15) is 0 Å². The monoisotopic (exact) mass is 291 g/mol. The number of allylic oxidation sites excluding steroid dienone is 1. The van der Waals surface area contributed by atoms with Gasteiger partial charge >= 0.3 is 0 Å². The van der Waals surface area contributed by atoms with Gasteiger partial charge in [-0.3, -0.25) is 0 Å². The molecule has 0 amide bonds. The molecule has 0 radical (unpaired) electrons. The lowest BCUT2D eigenvalue weighted by Gasteiger charge is -2.14. The molecule has 0 aliphatic rings. The maximum atomic E-state index is 5.71. The van der Waals surface area contributed by atoms with Gasteiger partial charge in [0, 0.05) is 0 Å². The summed E-state index contributed by atoms with van der Waals surface area (Å²) in [7, 11) is 0. The molecule has 0 saturated heterocycles. The second kappa shape index (κ2) is 9.06. The molecule has 0 saturated carbocycles. The molecule has 4 nitrogen and oxygen atoms in total. The van der Waals surface area contributed by atoms with Crippen LogP contribution < -0.4 is 9.47 Å². The zero-order chi connectivity index (χ0) is 15.7. The highest BCUT2D eigenvalue weighted by atomic mass is 16.6. The molecule has 0 aliphatic heterocycles. The molecule has 2 atom stereocenters. The highest BCUT2D eigenvalue weighted by Gasteiger charge is 2.05. The van der Waals surface area contributed by atoms with Crippen molar-refractivity contribution < 1.29 is 14.3 Å². The van der Waals surface area contributed by atoms with Crippen molar-refractivity contribution in [1.82, 2.24) is 0 Å². The van der Waals surface area contributed by atoms with E-state index in [1.165, 1.54) is 0 Å². The lowest BCUT2D eigenvalue weighted by molar-refractivity contribution is 0.0367. The molecule has 0 aromatic heterocycles. The van der Waals surface area contributed by atoms with E-state index < -0.39 is 0 Å². The molecule has 4 heteroatoms. The Morgan fingerprint density at radius 2 is 1.81 bits per heavy atom. The van der Waals surface area contributed by atoms with Crippen LogP contribution in [-0.2, 0) is 4.84 Å². The summed E-state index contributed by atoms with van der Waals surface area (Å²) in [6.07, 6.45) is 2.72. The summed E-state index contributed by atoms with van der Waals surface area (Å²) in [5.74, 6) is 1.64. The largest absolute Gasteiger partial charge is 0.491 e. The van der Waals surface area contributed by atoms with Gasteiger partial charge in [0.15, 0.2) is 6.10 Å². The fourth-order valence-electron chi connectivity index (χ4n) is 1.38. The Kier molecular flexibility index (Phi) is 7.37. The van der Waals surface area contributed by atoms with E-state index in [9.17, 15) is 0 Å². The average Bonchev–Trinajstić information content (AvgIpc) is 2.51. The second-order valence-corrected chi connectivity index (χ2v) is 4.97. The second-order valence-electron chi connectivity index (χ2n) is 4.97. The Balaban J connectivity index is 2.40. The normalized spacial score (nSPS) is 14.2. The standard InChI is InChI=1S/C17H25NO3/c1-6-13(3)18-21-15(5)12-19-16-8-10-17(11-9-16)20-14(4)7-2/h6,8-11,14-15H,1,7,12H2,2-5H3/b18-13+. The minimum Gasteiger partial charge on any atom is -0.491 e. The van der Waals surface area contributed by atoms with Crippen molar-refractivity contribution in [2.24, 2.45) is 5.16 Å². The first-order valence-corrected chi connectivity index (χ1v) is 7.27. The molecule has 1 rings (SSSR count). The Morgan fingerprint density at radius 1 is 1.19 bits per heavy atom. The van der Waals surface area contributed by atoms with Crippen molar-refractivity contribution in [3.05, 3.63) is 36.9 Å². The van der Waals surface area contributed by atoms with Crippen LogP contribution >= 0.6 is 0 Å². The van der Waals surface area contributed by atoms with E-state index in [2.05, 4.69) is 25.6 Å². The van der Waals surface area contributed by atoms with Crippen LogP contribution in [-0.4, -0.2) is 24.5 Å². The molecular formula is C17H25NO3. The van der Waals surface area contributed by atoms with Crippen LogP contribution in [0.5, 0.6) is 11.5 Å². The predicted octanol–water partition coefficient (Wildman–Crippen LogP) is 4.21. The van der Waals surface area contributed by atoms with Crippen LogP contribution in [0.25, 0.3) is 0 Å². The average molecular weight is 291 g/mol. The molecule has 0 fully saturated rings. The van der Waals surface area contributed by atoms with Gasteiger partial charge in [0.2, 0.25) is 0 Å². The van der Waals surface area contributed by atoms with E-state index in [0.29, 0.717) is 6.61 Å². The Labute approximate surface area is 127 Å². The number of oxime groups is 1. The van der Waals surface area contributed by atoms with Crippen LogP contribution in [0.2, 0.25) is 0 Å². The van der Waals surface area contributed by atoms with Crippen molar-refractivity contribution in [2.75, 3.05) is 6.61 Å². The molecule has 0 N–H and O–H groups in total. The zero-order valence-electron chi connectivity index (χ0n) is 13.3.